The van der Waals surface area contributed by atoms with Crippen LogP contribution in [0.15, 0.2) is 18.2 Å². The topological polar surface area (TPSA) is 54.0 Å². The Kier molecular flexibility index (Phi) is 6.11. The molecule has 0 N–H and O–H groups in total. The summed E-state index contributed by atoms with van der Waals surface area (Å²) in [6.45, 7) is 10.1. The molecule has 138 valence electrons. The summed E-state index contributed by atoms with van der Waals surface area (Å²) in [5, 5.41) is 0. The Bertz CT molecular complexity index is 601. The molecule has 1 aliphatic heterocycles. The van der Waals surface area contributed by atoms with Crippen LogP contribution in [0.3, 0.4) is 0 Å². The molecular weight excluding hydrogens is 326 g/mol. The van der Waals surface area contributed by atoms with Crippen LogP contribution in [0.4, 0.5) is 4.39 Å². The lowest BCUT2D eigenvalue weighted by Gasteiger charge is -2.32. The van der Waals surface area contributed by atoms with E-state index in [1.54, 1.807) is 19.1 Å². The van der Waals surface area contributed by atoms with Gasteiger partial charge in [0, 0.05) is 6.42 Å². The summed E-state index contributed by atoms with van der Waals surface area (Å²) in [6, 6.07) is 4.65. The fourth-order valence-corrected chi connectivity index (χ4v) is 2.39. The van der Waals surface area contributed by atoms with Crippen molar-refractivity contribution < 1.29 is 28.0 Å². The second-order valence-corrected chi connectivity index (χ2v) is 7.04. The first-order valence-corrected chi connectivity index (χ1v) is 8.60. The number of hydrogen-bond donors (Lipinski definition) is 0. The van der Waals surface area contributed by atoms with Crippen molar-refractivity contribution in [2.24, 2.45) is 0 Å². The predicted molar refractivity (Wildman–Crippen MR) is 93.5 cm³/mol. The molecule has 5 nitrogen and oxygen atoms in total. The predicted octanol–water partition coefficient (Wildman–Crippen LogP) is 2.85. The molecule has 1 aromatic rings. The van der Waals surface area contributed by atoms with Crippen molar-refractivity contribution in [3.8, 4) is 5.75 Å². The molecule has 0 bridgehead atoms. The highest BCUT2D eigenvalue weighted by molar-refractivity contribution is 6.62. The van der Waals surface area contributed by atoms with E-state index in [1.807, 2.05) is 27.7 Å². The highest BCUT2D eigenvalue weighted by atomic mass is 19.1. The van der Waals surface area contributed by atoms with Crippen molar-refractivity contribution in [1.82, 2.24) is 0 Å². The van der Waals surface area contributed by atoms with Crippen LogP contribution >= 0.6 is 0 Å². The summed E-state index contributed by atoms with van der Waals surface area (Å²) in [5.74, 6) is -0.616. The van der Waals surface area contributed by atoms with E-state index in [1.165, 1.54) is 6.07 Å². The average molecular weight is 352 g/mol. The molecule has 0 aromatic heterocycles. The van der Waals surface area contributed by atoms with E-state index in [0.29, 0.717) is 18.5 Å². The van der Waals surface area contributed by atoms with Crippen molar-refractivity contribution in [1.29, 1.82) is 0 Å². The van der Waals surface area contributed by atoms with Crippen LogP contribution in [-0.2, 0) is 18.8 Å². The van der Waals surface area contributed by atoms with Gasteiger partial charge in [0.1, 0.15) is 0 Å². The van der Waals surface area contributed by atoms with Gasteiger partial charge in [-0.3, -0.25) is 4.79 Å². The monoisotopic (exact) mass is 352 g/mol. The van der Waals surface area contributed by atoms with E-state index < -0.39 is 24.1 Å². The molecule has 25 heavy (non-hydrogen) atoms. The molecule has 1 heterocycles. The third-order valence-electron chi connectivity index (χ3n) is 4.57. The van der Waals surface area contributed by atoms with Crippen LogP contribution in [0.5, 0.6) is 5.75 Å². The van der Waals surface area contributed by atoms with Gasteiger partial charge in [-0.2, -0.15) is 0 Å². The highest BCUT2D eigenvalue weighted by Gasteiger charge is 2.51. The minimum Gasteiger partial charge on any atom is -0.491 e. The Morgan fingerprint density at radius 3 is 2.40 bits per heavy atom. The smallest absolute Gasteiger partial charge is 0.491 e. The van der Waals surface area contributed by atoms with Crippen molar-refractivity contribution in [3.05, 3.63) is 24.0 Å². The van der Waals surface area contributed by atoms with Gasteiger partial charge in [0.25, 0.3) is 0 Å². The van der Waals surface area contributed by atoms with Crippen molar-refractivity contribution in [2.45, 2.75) is 58.7 Å². The standard InChI is InChI=1S/C18H26BFO5/c1-6-22-16(21)8-7-11-23-15-10-9-13(12-14(15)20)19-24-17(2,3)18(4,5)25-19/h9-10,12H,6-8,11H2,1-5H3. The first kappa shape index (κ1) is 19.7. The molecule has 0 aliphatic carbocycles. The fourth-order valence-electron chi connectivity index (χ4n) is 2.39. The largest absolute Gasteiger partial charge is 0.494 e. The van der Waals surface area contributed by atoms with Crippen LogP contribution in [0.25, 0.3) is 0 Å². The number of carbonyl (C=O) groups excluding carboxylic acids is 1. The Hall–Kier alpha value is -1.60. The summed E-state index contributed by atoms with van der Waals surface area (Å²) in [4.78, 5) is 11.2. The Morgan fingerprint density at radius 1 is 1.20 bits per heavy atom. The quantitative estimate of drug-likeness (QED) is 0.429. The minimum atomic E-state index is -0.614. The van der Waals surface area contributed by atoms with E-state index in [4.69, 9.17) is 18.8 Å². The summed E-state index contributed by atoms with van der Waals surface area (Å²) >= 11 is 0. The number of ether oxygens (including phenoxy) is 2. The van der Waals surface area contributed by atoms with Crippen LogP contribution in [0.1, 0.15) is 47.5 Å². The normalized spacial score (nSPS) is 18.2. The molecule has 0 amide bonds. The number of hydrogen-bond acceptors (Lipinski definition) is 5. The van der Waals surface area contributed by atoms with Crippen LogP contribution in [0.2, 0.25) is 0 Å². The van der Waals surface area contributed by atoms with Gasteiger partial charge in [-0.25, -0.2) is 4.39 Å². The zero-order valence-electron chi connectivity index (χ0n) is 15.6. The molecule has 7 heteroatoms. The van der Waals surface area contributed by atoms with Gasteiger partial charge >= 0.3 is 13.1 Å². The first-order chi connectivity index (χ1) is 11.7. The first-order valence-electron chi connectivity index (χ1n) is 8.60. The van der Waals surface area contributed by atoms with Crippen molar-refractivity contribution >= 4 is 18.6 Å². The van der Waals surface area contributed by atoms with E-state index in [-0.39, 0.29) is 24.7 Å². The summed E-state index contributed by atoms with van der Waals surface area (Å²) in [7, 11) is -0.614. The Morgan fingerprint density at radius 2 is 1.84 bits per heavy atom. The molecule has 0 saturated carbocycles. The second kappa shape index (κ2) is 7.75. The third-order valence-corrected chi connectivity index (χ3v) is 4.57. The zero-order valence-corrected chi connectivity index (χ0v) is 15.6. The van der Waals surface area contributed by atoms with Gasteiger partial charge in [0.05, 0.1) is 24.4 Å². The summed E-state index contributed by atoms with van der Waals surface area (Å²) in [6.07, 6.45) is 0.721. The van der Waals surface area contributed by atoms with Crippen LogP contribution < -0.4 is 10.2 Å². The average Bonchev–Trinajstić information content (AvgIpc) is 2.73. The minimum absolute atomic E-state index is 0.143. The summed E-state index contributed by atoms with van der Waals surface area (Å²) < 4.78 is 36.3. The molecular formula is C18H26BFO5. The molecule has 1 saturated heterocycles. The number of esters is 1. The van der Waals surface area contributed by atoms with Gasteiger partial charge in [-0.1, -0.05) is 6.07 Å². The van der Waals surface area contributed by atoms with Gasteiger partial charge < -0.3 is 18.8 Å². The number of benzene rings is 1. The van der Waals surface area contributed by atoms with E-state index in [0.717, 1.165) is 0 Å². The SMILES string of the molecule is CCOC(=O)CCCOc1ccc(B2OC(C)(C)C(C)(C)O2)cc1F. The van der Waals surface area contributed by atoms with Crippen molar-refractivity contribution in [3.63, 3.8) is 0 Å². The molecule has 1 fully saturated rings. The highest BCUT2D eigenvalue weighted by Crippen LogP contribution is 2.36. The third kappa shape index (κ3) is 4.73. The molecule has 1 aliphatic rings. The Labute approximate surface area is 148 Å². The van der Waals surface area contributed by atoms with Crippen LogP contribution in [-0.4, -0.2) is 37.5 Å². The number of rotatable bonds is 7. The maximum Gasteiger partial charge on any atom is 0.494 e. The summed E-state index contributed by atoms with van der Waals surface area (Å²) in [5.41, 5.74) is -0.345. The van der Waals surface area contributed by atoms with Gasteiger partial charge in [-0.15, -0.1) is 0 Å². The lowest BCUT2D eigenvalue weighted by atomic mass is 9.79. The molecule has 1 aromatic carbocycles. The van der Waals surface area contributed by atoms with E-state index >= 15 is 0 Å². The van der Waals surface area contributed by atoms with E-state index in [9.17, 15) is 9.18 Å². The lowest BCUT2D eigenvalue weighted by Crippen LogP contribution is -2.41. The molecule has 0 radical (unpaired) electrons. The fraction of sp³-hybridized carbons (Fsp3) is 0.611. The van der Waals surface area contributed by atoms with Gasteiger partial charge in [0.2, 0.25) is 0 Å². The molecule has 2 rings (SSSR count). The Balaban J connectivity index is 1.92. The maximum absolute atomic E-state index is 14.3. The van der Waals surface area contributed by atoms with Crippen molar-refractivity contribution in [2.75, 3.05) is 13.2 Å². The van der Waals surface area contributed by atoms with Crippen LogP contribution in [0, 0.1) is 5.82 Å². The van der Waals surface area contributed by atoms with E-state index in [2.05, 4.69) is 0 Å². The van der Waals surface area contributed by atoms with Gasteiger partial charge in [-0.05, 0) is 58.6 Å². The molecule has 0 unspecified atom stereocenters. The lowest BCUT2D eigenvalue weighted by molar-refractivity contribution is -0.143. The zero-order chi connectivity index (χ0) is 18.7. The van der Waals surface area contributed by atoms with Gasteiger partial charge in [0.15, 0.2) is 11.6 Å². The number of halogens is 1. The second-order valence-electron chi connectivity index (χ2n) is 7.04. The number of carbonyl (C=O) groups is 1. The molecule has 0 atom stereocenters. The maximum atomic E-state index is 14.3. The molecule has 0 spiro atoms.